The van der Waals surface area contributed by atoms with Gasteiger partial charge < -0.3 is 5.32 Å². The number of fused-ring (bicyclic) bond motifs is 1. The maximum absolute atomic E-state index is 5.98. The number of aryl methyl sites for hydroxylation is 1. The summed E-state index contributed by atoms with van der Waals surface area (Å²) >= 11 is 7.61. The van der Waals surface area contributed by atoms with Gasteiger partial charge in [0.25, 0.3) is 0 Å². The quantitative estimate of drug-likeness (QED) is 0.691. The molecule has 0 aliphatic heterocycles. The lowest BCUT2D eigenvalue weighted by Gasteiger charge is -2.08. The third kappa shape index (κ3) is 2.44. The van der Waals surface area contributed by atoms with Crippen LogP contribution in [-0.4, -0.2) is 4.98 Å². The Bertz CT molecular complexity index is 749. The molecule has 0 aliphatic rings. The van der Waals surface area contributed by atoms with E-state index >= 15 is 0 Å². The molecule has 0 fully saturated rings. The summed E-state index contributed by atoms with van der Waals surface area (Å²) in [7, 11) is 0. The molecule has 0 atom stereocenters. The van der Waals surface area contributed by atoms with Gasteiger partial charge in [0.2, 0.25) is 0 Å². The maximum Gasteiger partial charge on any atom is 0.188 e. The summed E-state index contributed by atoms with van der Waals surface area (Å²) in [5.41, 5.74) is 4.56. The number of hydrogen-bond donors (Lipinski definition) is 1. The first-order chi connectivity index (χ1) is 9.13. The fourth-order valence-electron chi connectivity index (χ4n) is 1.96. The number of nitrogens with zero attached hydrogens (tertiary/aromatic N) is 1. The standard InChI is InChI=1S/C15H13ClN2S/c1-9-4-3-5-12(10(9)2)17-15-18-13-8-11(16)6-7-14(13)19-15/h3-8H,1-2H3,(H,17,18). The van der Waals surface area contributed by atoms with E-state index in [1.807, 2.05) is 18.2 Å². The van der Waals surface area contributed by atoms with E-state index in [1.54, 1.807) is 11.3 Å². The van der Waals surface area contributed by atoms with Crippen molar-refractivity contribution < 1.29 is 0 Å². The second kappa shape index (κ2) is 4.83. The fraction of sp³-hybridized carbons (Fsp3) is 0.133. The molecule has 0 bridgehead atoms. The van der Waals surface area contributed by atoms with Crippen molar-refractivity contribution in [3.63, 3.8) is 0 Å². The van der Waals surface area contributed by atoms with Gasteiger partial charge in [-0.2, -0.15) is 0 Å². The van der Waals surface area contributed by atoms with Gasteiger partial charge in [0.15, 0.2) is 5.13 Å². The van der Waals surface area contributed by atoms with Crippen LogP contribution in [0.4, 0.5) is 10.8 Å². The van der Waals surface area contributed by atoms with Gasteiger partial charge in [0, 0.05) is 10.7 Å². The summed E-state index contributed by atoms with van der Waals surface area (Å²) in [6.07, 6.45) is 0. The highest BCUT2D eigenvalue weighted by molar-refractivity contribution is 7.22. The SMILES string of the molecule is Cc1cccc(Nc2nc3cc(Cl)ccc3s2)c1C. The monoisotopic (exact) mass is 288 g/mol. The molecule has 2 aromatic carbocycles. The number of hydrogen-bond acceptors (Lipinski definition) is 3. The summed E-state index contributed by atoms with van der Waals surface area (Å²) in [6, 6.07) is 12.0. The first-order valence-corrected chi connectivity index (χ1v) is 7.22. The number of anilines is 2. The molecule has 0 amide bonds. The van der Waals surface area contributed by atoms with E-state index in [0.29, 0.717) is 0 Å². The van der Waals surface area contributed by atoms with Crippen LogP contribution < -0.4 is 5.32 Å². The van der Waals surface area contributed by atoms with Crippen molar-refractivity contribution in [2.45, 2.75) is 13.8 Å². The summed E-state index contributed by atoms with van der Waals surface area (Å²) in [4.78, 5) is 4.56. The van der Waals surface area contributed by atoms with Crippen LogP contribution in [0.1, 0.15) is 11.1 Å². The Hall–Kier alpha value is -1.58. The molecule has 3 aromatic rings. The zero-order chi connectivity index (χ0) is 13.4. The topological polar surface area (TPSA) is 24.9 Å². The summed E-state index contributed by atoms with van der Waals surface area (Å²) < 4.78 is 1.14. The van der Waals surface area contributed by atoms with Gasteiger partial charge in [-0.05, 0) is 49.2 Å². The zero-order valence-corrected chi connectivity index (χ0v) is 12.3. The number of benzene rings is 2. The van der Waals surface area contributed by atoms with Gasteiger partial charge in [0.05, 0.1) is 10.2 Å². The van der Waals surface area contributed by atoms with Crippen LogP contribution in [0.25, 0.3) is 10.2 Å². The molecular formula is C15H13ClN2S. The van der Waals surface area contributed by atoms with E-state index in [9.17, 15) is 0 Å². The largest absolute Gasteiger partial charge is 0.331 e. The van der Waals surface area contributed by atoms with E-state index in [-0.39, 0.29) is 0 Å². The highest BCUT2D eigenvalue weighted by atomic mass is 35.5. The van der Waals surface area contributed by atoms with Crippen LogP contribution >= 0.6 is 22.9 Å². The minimum absolute atomic E-state index is 0.719. The van der Waals surface area contributed by atoms with Crippen LogP contribution in [0.2, 0.25) is 5.02 Å². The summed E-state index contributed by atoms with van der Waals surface area (Å²) in [5.74, 6) is 0. The van der Waals surface area contributed by atoms with E-state index in [1.165, 1.54) is 11.1 Å². The minimum atomic E-state index is 0.719. The van der Waals surface area contributed by atoms with E-state index < -0.39 is 0 Å². The molecule has 4 heteroatoms. The second-order valence-electron chi connectivity index (χ2n) is 4.50. The molecule has 96 valence electrons. The van der Waals surface area contributed by atoms with Crippen molar-refractivity contribution in [3.05, 3.63) is 52.5 Å². The van der Waals surface area contributed by atoms with Crippen molar-refractivity contribution in [2.75, 3.05) is 5.32 Å². The fourth-order valence-corrected chi connectivity index (χ4v) is 2.98. The van der Waals surface area contributed by atoms with Crippen LogP contribution in [0, 0.1) is 13.8 Å². The second-order valence-corrected chi connectivity index (χ2v) is 5.97. The number of nitrogens with one attached hydrogen (secondary N) is 1. The minimum Gasteiger partial charge on any atom is -0.331 e. The van der Waals surface area contributed by atoms with E-state index in [2.05, 4.69) is 42.3 Å². The predicted molar refractivity (Wildman–Crippen MR) is 83.8 cm³/mol. The molecule has 0 saturated heterocycles. The lowest BCUT2D eigenvalue weighted by Crippen LogP contribution is -1.93. The summed E-state index contributed by atoms with van der Waals surface area (Å²) in [5, 5.41) is 5.00. The van der Waals surface area contributed by atoms with Crippen molar-refractivity contribution in [1.82, 2.24) is 4.98 Å². The van der Waals surface area contributed by atoms with Crippen LogP contribution in [0.15, 0.2) is 36.4 Å². The Morgan fingerprint density at radius 3 is 2.84 bits per heavy atom. The van der Waals surface area contributed by atoms with Gasteiger partial charge in [0.1, 0.15) is 0 Å². The Kier molecular flexibility index (Phi) is 3.17. The molecular weight excluding hydrogens is 276 g/mol. The molecule has 2 nitrogen and oxygen atoms in total. The van der Waals surface area contributed by atoms with Crippen molar-refractivity contribution in [2.24, 2.45) is 0 Å². The molecule has 0 aliphatic carbocycles. The molecule has 0 spiro atoms. The predicted octanol–water partition coefficient (Wildman–Crippen LogP) is 5.31. The Balaban J connectivity index is 1.99. The van der Waals surface area contributed by atoms with Crippen LogP contribution in [-0.2, 0) is 0 Å². The van der Waals surface area contributed by atoms with Gasteiger partial charge >= 0.3 is 0 Å². The van der Waals surface area contributed by atoms with Gasteiger partial charge in [-0.1, -0.05) is 35.1 Å². The molecule has 0 unspecified atom stereocenters. The molecule has 19 heavy (non-hydrogen) atoms. The average molecular weight is 289 g/mol. The van der Waals surface area contributed by atoms with E-state index in [4.69, 9.17) is 11.6 Å². The highest BCUT2D eigenvalue weighted by Crippen LogP contribution is 2.31. The smallest absolute Gasteiger partial charge is 0.188 e. The number of aromatic nitrogens is 1. The van der Waals surface area contributed by atoms with Gasteiger partial charge in [-0.15, -0.1) is 0 Å². The van der Waals surface area contributed by atoms with Crippen molar-refractivity contribution >= 4 is 44.0 Å². The molecule has 1 heterocycles. The Morgan fingerprint density at radius 2 is 2.00 bits per heavy atom. The molecule has 1 N–H and O–H groups in total. The lowest BCUT2D eigenvalue weighted by molar-refractivity contribution is 1.32. The van der Waals surface area contributed by atoms with Crippen LogP contribution in [0.3, 0.4) is 0 Å². The molecule has 0 radical (unpaired) electrons. The molecule has 3 rings (SSSR count). The Labute approximate surface area is 121 Å². The number of thiazole rings is 1. The zero-order valence-electron chi connectivity index (χ0n) is 10.7. The molecule has 1 aromatic heterocycles. The van der Waals surface area contributed by atoms with E-state index in [0.717, 1.165) is 26.1 Å². The number of rotatable bonds is 2. The van der Waals surface area contributed by atoms with Crippen molar-refractivity contribution in [3.8, 4) is 0 Å². The van der Waals surface area contributed by atoms with Gasteiger partial charge in [-0.25, -0.2) is 4.98 Å². The first-order valence-electron chi connectivity index (χ1n) is 6.03. The lowest BCUT2D eigenvalue weighted by atomic mass is 10.1. The third-order valence-electron chi connectivity index (χ3n) is 3.20. The highest BCUT2D eigenvalue weighted by Gasteiger charge is 2.06. The van der Waals surface area contributed by atoms with Gasteiger partial charge in [-0.3, -0.25) is 0 Å². The van der Waals surface area contributed by atoms with Crippen LogP contribution in [0.5, 0.6) is 0 Å². The first kappa shape index (κ1) is 12.5. The Morgan fingerprint density at radius 1 is 1.16 bits per heavy atom. The number of halogens is 1. The maximum atomic E-state index is 5.98. The van der Waals surface area contributed by atoms with Crippen molar-refractivity contribution in [1.29, 1.82) is 0 Å². The third-order valence-corrected chi connectivity index (χ3v) is 4.38. The summed E-state index contributed by atoms with van der Waals surface area (Å²) in [6.45, 7) is 4.22. The molecule has 0 saturated carbocycles. The normalized spacial score (nSPS) is 10.9. The average Bonchev–Trinajstić information content (AvgIpc) is 2.76.